The summed E-state index contributed by atoms with van der Waals surface area (Å²) in [5, 5.41) is 17.1. The molecule has 0 saturated heterocycles. The highest BCUT2D eigenvalue weighted by Gasteiger charge is 2.42. The van der Waals surface area contributed by atoms with Gasteiger partial charge in [0, 0.05) is 0 Å². The highest BCUT2D eigenvalue weighted by molar-refractivity contribution is 7.13. The van der Waals surface area contributed by atoms with Crippen LogP contribution in [0.1, 0.15) is 307 Å². The van der Waals surface area contributed by atoms with Crippen LogP contribution >= 0.6 is 0 Å². The maximum atomic E-state index is 2.70. The molecule has 0 radical (unpaired) electrons. The first kappa shape index (κ1) is 73.1. The van der Waals surface area contributed by atoms with Crippen molar-refractivity contribution in [1.82, 2.24) is 0 Å². The van der Waals surface area contributed by atoms with Crippen LogP contribution in [0.3, 0.4) is 0 Å². The summed E-state index contributed by atoms with van der Waals surface area (Å²) in [5.41, 5.74) is 15.1. The first-order chi connectivity index (χ1) is 48.6. The van der Waals surface area contributed by atoms with E-state index in [4.69, 9.17) is 0 Å². The van der Waals surface area contributed by atoms with E-state index < -0.39 is 0 Å². The fourth-order valence-corrected chi connectivity index (χ4v) is 17.9. The van der Waals surface area contributed by atoms with Gasteiger partial charge in [-0.25, -0.2) is 0 Å². The minimum Gasteiger partial charge on any atom is -0.0726 e. The van der Waals surface area contributed by atoms with Crippen molar-refractivity contribution in [3.63, 3.8) is 0 Å². The number of hydrogen-bond donors (Lipinski definition) is 0. The SMILES string of the molecule is CCCCCCCCCCCCc1cccc2c(B3c4cc5ccccc5cc4B(c4c5cccc(CCCCCCCCCCCC)c5cc5c(CCCCCCCCCCCC)cccc45)c4cc5ccccc5cc43)c3cccc(CCCCCCCCCCCC)c3cc12. The lowest BCUT2D eigenvalue weighted by atomic mass is 9.20. The van der Waals surface area contributed by atoms with Crippen molar-refractivity contribution in [2.45, 2.75) is 310 Å². The zero-order valence-electron chi connectivity index (χ0n) is 62.3. The maximum Gasteiger partial charge on any atom is 0.241 e. The van der Waals surface area contributed by atoms with E-state index in [2.05, 4.69) is 185 Å². The summed E-state index contributed by atoms with van der Waals surface area (Å²) in [7, 11) is 0. The Balaban J connectivity index is 1.04. The molecule has 0 unspecified atom stereocenters. The van der Waals surface area contributed by atoms with Crippen molar-refractivity contribution in [3.05, 3.63) is 180 Å². The summed E-state index contributed by atoms with van der Waals surface area (Å²) in [5.74, 6) is 0. The summed E-state index contributed by atoms with van der Waals surface area (Å²) in [4.78, 5) is 0. The van der Waals surface area contributed by atoms with E-state index in [1.807, 2.05) is 0 Å². The number of benzene rings is 10. The predicted molar refractivity (Wildman–Crippen MR) is 442 cm³/mol. The van der Waals surface area contributed by atoms with Crippen molar-refractivity contribution in [2.75, 3.05) is 0 Å². The van der Waals surface area contributed by atoms with E-state index in [0.717, 1.165) is 25.7 Å². The monoisotopic (exact) mass is 1300 g/mol. The summed E-state index contributed by atoms with van der Waals surface area (Å²) in [6, 6.07) is 64.8. The molecule has 0 aromatic heterocycles. The van der Waals surface area contributed by atoms with Gasteiger partial charge in [-0.2, -0.15) is 0 Å². The Hall–Kier alpha value is -6.11. The molecule has 0 N–H and O–H groups in total. The number of hydrogen-bond acceptors (Lipinski definition) is 0. The Morgan fingerprint density at radius 1 is 0.184 bits per heavy atom. The second-order valence-corrected chi connectivity index (χ2v) is 30.9. The lowest BCUT2D eigenvalue weighted by molar-refractivity contribution is 0.556. The third kappa shape index (κ3) is 19.3. The van der Waals surface area contributed by atoms with Gasteiger partial charge in [-0.15, -0.1) is 0 Å². The van der Waals surface area contributed by atoms with Crippen LogP contribution < -0.4 is 32.8 Å². The van der Waals surface area contributed by atoms with Crippen LogP contribution in [0.15, 0.2) is 158 Å². The molecule has 0 atom stereocenters. The minimum atomic E-state index is 0.0110. The fourth-order valence-electron chi connectivity index (χ4n) is 17.9. The molecule has 11 rings (SSSR count). The van der Waals surface area contributed by atoms with Crippen LogP contribution in [0.25, 0.3) is 64.6 Å². The molecular formula is C96H126B2. The standard InChI is InChI=1S/C96H126B2/c1-5-9-13-17-21-25-29-33-37-41-53-75-61-49-65-83-87(75)73-88-76(54-42-38-34-30-26-22-18-14-10-6-2)62-50-66-84(88)95(83)97-91-69-79-57-45-47-59-81(79)71-93(91)98(94-72-82-60-48-46-58-80(82)70-92(94)97)96-85-67-51-63-77(55-43-39-35-31-27-23-19-15-11-7-3)89(85)74-90-78(64-52-68-86(90)96)56-44-40-36-32-28-24-20-16-12-8-4/h45-52,57-74H,5-44,53-56H2,1-4H3. The fraction of sp³-hybridized carbons (Fsp3) is 0.500. The first-order valence-electron chi connectivity index (χ1n) is 41.6. The van der Waals surface area contributed by atoms with Gasteiger partial charge in [-0.3, -0.25) is 0 Å². The number of aryl methyl sites for hydroxylation is 4. The first-order valence-corrected chi connectivity index (χ1v) is 41.6. The molecule has 516 valence electrons. The van der Waals surface area contributed by atoms with Gasteiger partial charge in [-0.05, 0) is 150 Å². The van der Waals surface area contributed by atoms with Crippen LogP contribution in [0.2, 0.25) is 0 Å². The van der Waals surface area contributed by atoms with E-state index in [1.165, 1.54) is 376 Å². The Kier molecular flexibility index (Phi) is 29.7. The smallest absolute Gasteiger partial charge is 0.0726 e. The molecule has 1 aliphatic heterocycles. The maximum absolute atomic E-state index is 2.70. The summed E-state index contributed by atoms with van der Waals surface area (Å²) >= 11 is 0. The van der Waals surface area contributed by atoms with Gasteiger partial charge >= 0.3 is 0 Å². The molecule has 10 aromatic carbocycles. The normalized spacial score (nSPS) is 12.4. The Bertz CT molecular complexity index is 3540. The zero-order chi connectivity index (χ0) is 67.4. The highest BCUT2D eigenvalue weighted by atomic mass is 14.2. The molecular weight excluding hydrogens is 1170 g/mol. The molecule has 0 nitrogen and oxygen atoms in total. The molecule has 98 heavy (non-hydrogen) atoms. The largest absolute Gasteiger partial charge is 0.241 e. The van der Waals surface area contributed by atoms with Gasteiger partial charge < -0.3 is 0 Å². The molecule has 0 fully saturated rings. The quantitative estimate of drug-likeness (QED) is 0.0203. The van der Waals surface area contributed by atoms with E-state index >= 15 is 0 Å². The van der Waals surface area contributed by atoms with Crippen LogP contribution in [0.5, 0.6) is 0 Å². The number of unbranched alkanes of at least 4 members (excludes halogenated alkanes) is 36. The van der Waals surface area contributed by atoms with Crippen LogP contribution in [0, 0.1) is 0 Å². The molecule has 10 aromatic rings. The van der Waals surface area contributed by atoms with Crippen LogP contribution in [-0.4, -0.2) is 13.4 Å². The Morgan fingerprint density at radius 2 is 0.378 bits per heavy atom. The van der Waals surface area contributed by atoms with Gasteiger partial charge in [0.15, 0.2) is 0 Å². The Labute approximate surface area is 597 Å². The number of fused-ring (bicyclic) bond motifs is 8. The lowest BCUT2D eigenvalue weighted by Crippen LogP contribution is -2.75. The summed E-state index contributed by atoms with van der Waals surface area (Å²) < 4.78 is 0. The molecule has 0 spiro atoms. The van der Waals surface area contributed by atoms with Gasteiger partial charge in [0.1, 0.15) is 0 Å². The molecule has 2 heteroatoms. The third-order valence-corrected chi connectivity index (χ3v) is 23.4. The molecule has 0 aliphatic carbocycles. The topological polar surface area (TPSA) is 0 Å². The van der Waals surface area contributed by atoms with E-state index in [-0.39, 0.29) is 13.4 Å². The van der Waals surface area contributed by atoms with E-state index in [0.29, 0.717) is 0 Å². The van der Waals surface area contributed by atoms with Crippen LogP contribution in [-0.2, 0) is 25.7 Å². The average Bonchev–Trinajstić information content (AvgIpc) is 0.702. The van der Waals surface area contributed by atoms with Gasteiger partial charge in [0.05, 0.1) is 0 Å². The van der Waals surface area contributed by atoms with Crippen molar-refractivity contribution >= 4 is 111 Å². The zero-order valence-corrected chi connectivity index (χ0v) is 62.3. The Morgan fingerprint density at radius 3 is 0.582 bits per heavy atom. The average molecular weight is 1300 g/mol. The summed E-state index contributed by atoms with van der Waals surface area (Å²) in [6.07, 6.45) is 58.9. The van der Waals surface area contributed by atoms with Crippen molar-refractivity contribution < 1.29 is 0 Å². The lowest BCUT2D eigenvalue weighted by Gasteiger charge is -2.35. The highest BCUT2D eigenvalue weighted by Crippen LogP contribution is 2.34. The van der Waals surface area contributed by atoms with Crippen molar-refractivity contribution in [1.29, 1.82) is 0 Å². The third-order valence-electron chi connectivity index (χ3n) is 23.4. The van der Waals surface area contributed by atoms with Crippen molar-refractivity contribution in [2.24, 2.45) is 0 Å². The predicted octanol–water partition coefficient (Wildman–Crippen LogP) is 25.8. The molecule has 0 amide bonds. The van der Waals surface area contributed by atoms with E-state index in [9.17, 15) is 0 Å². The van der Waals surface area contributed by atoms with Gasteiger partial charge in [0.2, 0.25) is 13.4 Å². The van der Waals surface area contributed by atoms with Crippen LogP contribution in [0.4, 0.5) is 0 Å². The second kappa shape index (κ2) is 39.8. The summed E-state index contributed by atoms with van der Waals surface area (Å²) in [6.45, 7) is 9.35. The molecule has 1 aliphatic rings. The second-order valence-electron chi connectivity index (χ2n) is 30.9. The molecule has 0 bridgehead atoms. The van der Waals surface area contributed by atoms with E-state index in [1.54, 1.807) is 0 Å². The van der Waals surface area contributed by atoms with Gasteiger partial charge in [-0.1, -0.05) is 437 Å². The number of rotatable bonds is 46. The molecule has 1 heterocycles. The minimum absolute atomic E-state index is 0.0110. The van der Waals surface area contributed by atoms with Gasteiger partial charge in [0.25, 0.3) is 0 Å². The molecule has 0 saturated carbocycles. The van der Waals surface area contributed by atoms with Crippen molar-refractivity contribution in [3.8, 4) is 0 Å².